The average Bonchev–Trinajstić information content (AvgIpc) is 2.25. The van der Waals surface area contributed by atoms with E-state index in [0.29, 0.717) is 6.04 Å². The van der Waals surface area contributed by atoms with Crippen molar-refractivity contribution in [3.8, 4) is 0 Å². The number of rotatable bonds is 0. The summed E-state index contributed by atoms with van der Waals surface area (Å²) in [6.45, 7) is 7.97. The second-order valence-electron chi connectivity index (χ2n) is 5.03. The summed E-state index contributed by atoms with van der Waals surface area (Å²) < 4.78 is 0. The van der Waals surface area contributed by atoms with Crippen molar-refractivity contribution in [2.75, 3.05) is 6.54 Å². The van der Waals surface area contributed by atoms with Gasteiger partial charge in [0.25, 0.3) is 0 Å². The predicted octanol–water partition coefficient (Wildman–Crippen LogP) is 2.50. The molecule has 1 heteroatoms. The fourth-order valence-electron chi connectivity index (χ4n) is 2.29. The third kappa shape index (κ3) is 1.69. The van der Waals surface area contributed by atoms with Crippen LogP contribution in [0.1, 0.15) is 31.9 Å². The van der Waals surface area contributed by atoms with Crippen LogP contribution in [-0.2, 0) is 11.8 Å². The van der Waals surface area contributed by atoms with Crippen molar-refractivity contribution < 1.29 is 0 Å². The second kappa shape index (κ2) is 3.39. The van der Waals surface area contributed by atoms with Crippen molar-refractivity contribution in [3.05, 3.63) is 35.4 Å². The average molecular weight is 189 g/mol. The minimum absolute atomic E-state index is 0.265. The van der Waals surface area contributed by atoms with Gasteiger partial charge in [-0.3, -0.25) is 0 Å². The monoisotopic (exact) mass is 189 g/mol. The smallest absolute Gasteiger partial charge is 0.00796 e. The van der Waals surface area contributed by atoms with Crippen LogP contribution >= 0.6 is 0 Å². The van der Waals surface area contributed by atoms with Crippen molar-refractivity contribution in [2.24, 2.45) is 0 Å². The molecule has 1 aliphatic heterocycles. The lowest BCUT2D eigenvalue weighted by Crippen LogP contribution is -2.35. The van der Waals surface area contributed by atoms with Gasteiger partial charge in [-0.25, -0.2) is 0 Å². The lowest BCUT2D eigenvalue weighted by atomic mass is 9.82. The maximum Gasteiger partial charge on any atom is 0.00796 e. The largest absolute Gasteiger partial charge is 0.313 e. The van der Waals surface area contributed by atoms with Gasteiger partial charge in [0, 0.05) is 18.0 Å². The van der Waals surface area contributed by atoms with Gasteiger partial charge in [0.05, 0.1) is 0 Å². The van der Waals surface area contributed by atoms with Gasteiger partial charge in [-0.1, -0.05) is 38.1 Å². The van der Waals surface area contributed by atoms with Gasteiger partial charge in [0.2, 0.25) is 0 Å². The van der Waals surface area contributed by atoms with Crippen LogP contribution in [-0.4, -0.2) is 12.6 Å². The van der Waals surface area contributed by atoms with E-state index in [1.165, 1.54) is 11.1 Å². The predicted molar refractivity (Wildman–Crippen MR) is 60.6 cm³/mol. The van der Waals surface area contributed by atoms with Crippen LogP contribution in [0, 0.1) is 0 Å². The third-order valence-corrected chi connectivity index (χ3v) is 3.17. The molecule has 14 heavy (non-hydrogen) atoms. The van der Waals surface area contributed by atoms with Crippen molar-refractivity contribution >= 4 is 0 Å². The molecule has 1 aromatic carbocycles. The quantitative estimate of drug-likeness (QED) is 0.661. The summed E-state index contributed by atoms with van der Waals surface area (Å²) in [5, 5.41) is 3.58. The molecule has 1 aromatic rings. The first-order valence-corrected chi connectivity index (χ1v) is 5.41. The molecule has 1 heterocycles. The van der Waals surface area contributed by atoms with Crippen LogP contribution in [0.5, 0.6) is 0 Å². The van der Waals surface area contributed by atoms with Crippen molar-refractivity contribution in [2.45, 2.75) is 38.6 Å². The van der Waals surface area contributed by atoms with Gasteiger partial charge in [-0.15, -0.1) is 0 Å². The summed E-state index contributed by atoms with van der Waals surface area (Å²) in [5.41, 5.74) is 3.29. The molecule has 0 saturated heterocycles. The molecule has 0 amide bonds. The highest BCUT2D eigenvalue weighted by Gasteiger charge is 2.26. The van der Waals surface area contributed by atoms with E-state index in [0.717, 1.165) is 13.0 Å². The van der Waals surface area contributed by atoms with E-state index in [4.69, 9.17) is 0 Å². The van der Waals surface area contributed by atoms with Crippen molar-refractivity contribution in [1.29, 1.82) is 0 Å². The van der Waals surface area contributed by atoms with E-state index >= 15 is 0 Å². The number of benzene rings is 1. The van der Waals surface area contributed by atoms with E-state index in [1.807, 2.05) is 0 Å². The number of nitrogens with one attached hydrogen (secondary N) is 1. The highest BCUT2D eigenvalue weighted by Crippen LogP contribution is 2.28. The Kier molecular flexibility index (Phi) is 2.36. The van der Waals surface area contributed by atoms with Crippen molar-refractivity contribution in [3.63, 3.8) is 0 Å². The molecular formula is C13H19N. The molecule has 1 N–H and O–H groups in total. The standard InChI is InChI=1S/C13H19N/c1-10-8-11-6-4-5-7-12(11)13(2,3)9-14-10/h4-7,10,14H,8-9H2,1-3H3/t10-/m0/s1. The van der Waals surface area contributed by atoms with E-state index in [-0.39, 0.29) is 5.41 Å². The second-order valence-corrected chi connectivity index (χ2v) is 5.03. The summed E-state index contributed by atoms with van der Waals surface area (Å²) in [6, 6.07) is 9.43. The van der Waals surface area contributed by atoms with Crippen LogP contribution in [0.2, 0.25) is 0 Å². The van der Waals surface area contributed by atoms with Gasteiger partial charge in [0.15, 0.2) is 0 Å². The molecule has 1 aliphatic rings. The Morgan fingerprint density at radius 1 is 1.29 bits per heavy atom. The highest BCUT2D eigenvalue weighted by atomic mass is 14.9. The Hall–Kier alpha value is -0.820. The fourth-order valence-corrected chi connectivity index (χ4v) is 2.29. The molecule has 0 bridgehead atoms. The first kappa shape index (κ1) is 9.72. The van der Waals surface area contributed by atoms with Crippen LogP contribution in [0.4, 0.5) is 0 Å². The number of fused-ring (bicyclic) bond motifs is 1. The van der Waals surface area contributed by atoms with Gasteiger partial charge < -0.3 is 5.32 Å². The highest BCUT2D eigenvalue weighted by molar-refractivity contribution is 5.35. The third-order valence-electron chi connectivity index (χ3n) is 3.17. The van der Waals surface area contributed by atoms with Crippen LogP contribution < -0.4 is 5.32 Å². The SMILES string of the molecule is C[C@H]1Cc2ccccc2C(C)(C)CN1. The molecule has 2 rings (SSSR count). The van der Waals surface area contributed by atoms with E-state index in [9.17, 15) is 0 Å². The summed E-state index contributed by atoms with van der Waals surface area (Å²) in [4.78, 5) is 0. The molecule has 1 nitrogen and oxygen atoms in total. The Labute approximate surface area is 86.5 Å². The summed E-state index contributed by atoms with van der Waals surface area (Å²) in [5.74, 6) is 0. The molecule has 0 radical (unpaired) electrons. The summed E-state index contributed by atoms with van der Waals surface area (Å²) >= 11 is 0. The first-order valence-electron chi connectivity index (χ1n) is 5.41. The Bertz CT molecular complexity index is 328. The zero-order chi connectivity index (χ0) is 10.2. The van der Waals surface area contributed by atoms with Gasteiger partial charge >= 0.3 is 0 Å². The number of hydrogen-bond donors (Lipinski definition) is 1. The molecule has 0 saturated carbocycles. The molecule has 0 aromatic heterocycles. The number of hydrogen-bond acceptors (Lipinski definition) is 1. The van der Waals surface area contributed by atoms with Gasteiger partial charge in [-0.2, -0.15) is 0 Å². The lowest BCUT2D eigenvalue weighted by Gasteiger charge is -2.25. The molecule has 0 aliphatic carbocycles. The molecule has 0 fully saturated rings. The molecular weight excluding hydrogens is 170 g/mol. The maximum atomic E-state index is 3.58. The molecule has 0 spiro atoms. The summed E-state index contributed by atoms with van der Waals surface area (Å²) in [7, 11) is 0. The fraction of sp³-hybridized carbons (Fsp3) is 0.538. The minimum atomic E-state index is 0.265. The Balaban J connectivity index is 2.47. The van der Waals surface area contributed by atoms with E-state index < -0.39 is 0 Å². The van der Waals surface area contributed by atoms with Crippen LogP contribution in [0.3, 0.4) is 0 Å². The first-order chi connectivity index (χ1) is 6.59. The lowest BCUT2D eigenvalue weighted by molar-refractivity contribution is 0.451. The zero-order valence-electron chi connectivity index (χ0n) is 9.30. The molecule has 1 atom stereocenters. The van der Waals surface area contributed by atoms with Crippen molar-refractivity contribution in [1.82, 2.24) is 5.32 Å². The van der Waals surface area contributed by atoms with E-state index in [1.54, 1.807) is 0 Å². The maximum absolute atomic E-state index is 3.58. The van der Waals surface area contributed by atoms with E-state index in [2.05, 4.69) is 50.4 Å². The molecule has 0 unspecified atom stereocenters. The minimum Gasteiger partial charge on any atom is -0.313 e. The van der Waals surface area contributed by atoms with Crippen LogP contribution in [0.25, 0.3) is 0 Å². The summed E-state index contributed by atoms with van der Waals surface area (Å²) in [6.07, 6.45) is 1.15. The Morgan fingerprint density at radius 3 is 2.79 bits per heavy atom. The van der Waals surface area contributed by atoms with Crippen LogP contribution in [0.15, 0.2) is 24.3 Å². The Morgan fingerprint density at radius 2 is 2.00 bits per heavy atom. The van der Waals surface area contributed by atoms with Gasteiger partial charge in [0.1, 0.15) is 0 Å². The van der Waals surface area contributed by atoms with Gasteiger partial charge in [-0.05, 0) is 24.5 Å². The molecule has 76 valence electrons. The normalized spacial score (nSPS) is 25.2. The topological polar surface area (TPSA) is 12.0 Å². The zero-order valence-corrected chi connectivity index (χ0v) is 9.30.